The second kappa shape index (κ2) is 4.20. The fourth-order valence-corrected chi connectivity index (χ4v) is 0.631. The first-order valence-electron chi connectivity index (χ1n) is 3.15. The van der Waals surface area contributed by atoms with Crippen molar-refractivity contribution in [3.05, 3.63) is 35.8 Å². The van der Waals surface area contributed by atoms with Crippen LogP contribution in [-0.2, 0) is 10.0 Å². The third-order valence-electron chi connectivity index (χ3n) is 1.13. The van der Waals surface area contributed by atoms with Gasteiger partial charge in [0.15, 0.2) is 0 Å². The van der Waals surface area contributed by atoms with Gasteiger partial charge >= 0.3 is 0 Å². The van der Waals surface area contributed by atoms with Gasteiger partial charge in [-0.3, -0.25) is 0 Å². The van der Waals surface area contributed by atoms with Crippen molar-refractivity contribution in [2.45, 2.75) is 0 Å². The number of sulfonamides is 1. The Morgan fingerprint density at radius 3 is 2.17 bits per heavy atom. The standard InChI is InChI=1S/C7H12N2O2S/c1-6(5-8)3-4-7(2)12(9,10)11/h3-4H,1-2,5,8H2,(H2,9,10,11)/b4-3-. The third-order valence-corrected chi connectivity index (χ3v) is 2.00. The minimum Gasteiger partial charge on any atom is -0.327 e. The number of hydrogen-bond acceptors (Lipinski definition) is 3. The van der Waals surface area contributed by atoms with Crippen molar-refractivity contribution in [2.75, 3.05) is 6.54 Å². The lowest BCUT2D eigenvalue weighted by Gasteiger charge is -1.95. The van der Waals surface area contributed by atoms with Gasteiger partial charge in [-0.1, -0.05) is 19.2 Å². The maximum Gasteiger partial charge on any atom is 0.237 e. The van der Waals surface area contributed by atoms with Crippen LogP contribution in [-0.4, -0.2) is 15.0 Å². The molecule has 0 rings (SSSR count). The number of rotatable bonds is 4. The first-order chi connectivity index (χ1) is 5.38. The van der Waals surface area contributed by atoms with E-state index >= 15 is 0 Å². The van der Waals surface area contributed by atoms with Crippen molar-refractivity contribution < 1.29 is 8.42 Å². The number of nitrogens with two attached hydrogens (primary N) is 2. The Hall–Kier alpha value is -0.910. The van der Waals surface area contributed by atoms with Crippen LogP contribution in [0.3, 0.4) is 0 Å². The molecule has 0 heterocycles. The van der Waals surface area contributed by atoms with Crippen LogP contribution in [0.4, 0.5) is 0 Å². The minimum absolute atomic E-state index is 0.155. The lowest BCUT2D eigenvalue weighted by atomic mass is 10.3. The fraction of sp³-hybridized carbons (Fsp3) is 0.143. The molecule has 0 saturated carbocycles. The van der Waals surface area contributed by atoms with Crippen LogP contribution in [0.25, 0.3) is 0 Å². The molecule has 0 aromatic rings. The molecule has 0 saturated heterocycles. The van der Waals surface area contributed by atoms with Crippen molar-refractivity contribution in [3.63, 3.8) is 0 Å². The molecule has 4 nitrogen and oxygen atoms in total. The van der Waals surface area contributed by atoms with Gasteiger partial charge in [-0.15, -0.1) is 0 Å². The van der Waals surface area contributed by atoms with Gasteiger partial charge in [0.1, 0.15) is 0 Å². The predicted molar refractivity (Wildman–Crippen MR) is 49.6 cm³/mol. The molecule has 0 bridgehead atoms. The second-order valence-corrected chi connectivity index (χ2v) is 3.82. The van der Waals surface area contributed by atoms with Crippen LogP contribution in [0.15, 0.2) is 35.8 Å². The topological polar surface area (TPSA) is 86.2 Å². The summed E-state index contributed by atoms with van der Waals surface area (Å²) in [5, 5.41) is 4.77. The number of allylic oxidation sites excluding steroid dienone is 1. The van der Waals surface area contributed by atoms with Crippen LogP contribution in [0.5, 0.6) is 0 Å². The highest BCUT2D eigenvalue weighted by molar-refractivity contribution is 7.93. The Labute approximate surface area is 72.3 Å². The quantitative estimate of drug-likeness (QED) is 0.602. The van der Waals surface area contributed by atoms with E-state index < -0.39 is 10.0 Å². The Morgan fingerprint density at radius 1 is 1.33 bits per heavy atom. The van der Waals surface area contributed by atoms with Crippen LogP contribution in [0.1, 0.15) is 0 Å². The number of hydrogen-bond donors (Lipinski definition) is 2. The molecule has 0 aliphatic rings. The van der Waals surface area contributed by atoms with Crippen molar-refractivity contribution in [1.82, 2.24) is 0 Å². The molecule has 0 fully saturated rings. The molecule has 0 spiro atoms. The third kappa shape index (κ3) is 4.07. The van der Waals surface area contributed by atoms with Crippen molar-refractivity contribution in [2.24, 2.45) is 10.9 Å². The van der Waals surface area contributed by atoms with Crippen LogP contribution in [0.2, 0.25) is 0 Å². The molecule has 0 aromatic heterocycles. The van der Waals surface area contributed by atoms with E-state index in [-0.39, 0.29) is 11.4 Å². The molecule has 0 aliphatic carbocycles. The Bertz CT molecular complexity index is 314. The van der Waals surface area contributed by atoms with Gasteiger partial charge in [0, 0.05) is 6.54 Å². The van der Waals surface area contributed by atoms with E-state index in [1.54, 1.807) is 0 Å². The van der Waals surface area contributed by atoms with E-state index in [1.165, 1.54) is 12.2 Å². The normalized spacial score (nSPS) is 11.8. The summed E-state index contributed by atoms with van der Waals surface area (Å²) < 4.78 is 21.2. The smallest absolute Gasteiger partial charge is 0.237 e. The molecule has 0 atom stereocenters. The van der Waals surface area contributed by atoms with Gasteiger partial charge < -0.3 is 5.73 Å². The van der Waals surface area contributed by atoms with Gasteiger partial charge in [0.2, 0.25) is 10.0 Å². The fourth-order valence-electron chi connectivity index (χ4n) is 0.374. The van der Waals surface area contributed by atoms with Gasteiger partial charge in [-0.2, -0.15) is 0 Å². The lowest BCUT2D eigenvalue weighted by molar-refractivity contribution is 0.604. The molecule has 0 aromatic carbocycles. The summed E-state index contributed by atoms with van der Waals surface area (Å²) >= 11 is 0. The van der Waals surface area contributed by atoms with E-state index in [9.17, 15) is 8.42 Å². The van der Waals surface area contributed by atoms with E-state index in [0.717, 1.165) is 0 Å². The van der Waals surface area contributed by atoms with Gasteiger partial charge in [-0.05, 0) is 11.6 Å². The van der Waals surface area contributed by atoms with Gasteiger partial charge in [0.05, 0.1) is 4.91 Å². The average molecular weight is 188 g/mol. The summed E-state index contributed by atoms with van der Waals surface area (Å²) in [5.41, 5.74) is 5.82. The molecule has 0 radical (unpaired) electrons. The highest BCUT2D eigenvalue weighted by Gasteiger charge is 2.03. The zero-order valence-corrected chi connectivity index (χ0v) is 7.47. The minimum atomic E-state index is -3.67. The molecule has 0 aliphatic heterocycles. The second-order valence-electron chi connectivity index (χ2n) is 2.21. The summed E-state index contributed by atoms with van der Waals surface area (Å²) in [4.78, 5) is -0.155. The summed E-state index contributed by atoms with van der Waals surface area (Å²) in [6, 6.07) is 0. The molecule has 0 amide bonds. The maximum absolute atomic E-state index is 10.6. The Kier molecular flexibility index (Phi) is 3.88. The molecular weight excluding hydrogens is 176 g/mol. The average Bonchev–Trinajstić information content (AvgIpc) is 1.97. The largest absolute Gasteiger partial charge is 0.327 e. The Balaban J connectivity index is 4.40. The zero-order chi connectivity index (χ0) is 9.78. The lowest BCUT2D eigenvalue weighted by Crippen LogP contribution is -2.12. The van der Waals surface area contributed by atoms with Crippen LogP contribution < -0.4 is 10.9 Å². The molecule has 5 heteroatoms. The highest BCUT2D eigenvalue weighted by atomic mass is 32.2. The molecular formula is C7H12N2O2S. The first kappa shape index (κ1) is 11.1. The summed E-state index contributed by atoms with van der Waals surface area (Å²) in [5.74, 6) is 0. The predicted octanol–water partition coefficient (Wildman–Crippen LogP) is -0.140. The van der Waals surface area contributed by atoms with Crippen LogP contribution in [0, 0.1) is 0 Å². The SMILES string of the molecule is C=C(/C=C\C(=C)S(N)(=O)=O)CN. The summed E-state index contributed by atoms with van der Waals surface area (Å²) in [7, 11) is -3.67. The van der Waals surface area contributed by atoms with E-state index in [4.69, 9.17) is 10.9 Å². The molecule has 12 heavy (non-hydrogen) atoms. The van der Waals surface area contributed by atoms with E-state index in [1.807, 2.05) is 0 Å². The van der Waals surface area contributed by atoms with Crippen molar-refractivity contribution >= 4 is 10.0 Å². The van der Waals surface area contributed by atoms with Crippen molar-refractivity contribution in [1.29, 1.82) is 0 Å². The number of primary sulfonamides is 1. The van der Waals surface area contributed by atoms with Crippen molar-refractivity contribution in [3.8, 4) is 0 Å². The van der Waals surface area contributed by atoms with Crippen LogP contribution >= 0.6 is 0 Å². The molecule has 4 N–H and O–H groups in total. The summed E-state index contributed by atoms with van der Waals surface area (Å²) in [6.07, 6.45) is 2.73. The van der Waals surface area contributed by atoms with E-state index in [2.05, 4.69) is 13.2 Å². The highest BCUT2D eigenvalue weighted by Crippen LogP contribution is 2.01. The first-order valence-corrected chi connectivity index (χ1v) is 4.70. The summed E-state index contributed by atoms with van der Waals surface area (Å²) in [6.45, 7) is 7.06. The Morgan fingerprint density at radius 2 is 1.83 bits per heavy atom. The zero-order valence-electron chi connectivity index (χ0n) is 6.66. The van der Waals surface area contributed by atoms with E-state index in [0.29, 0.717) is 5.57 Å². The molecule has 0 unspecified atom stereocenters. The van der Waals surface area contributed by atoms with Gasteiger partial charge in [-0.25, -0.2) is 13.6 Å². The molecule has 68 valence electrons. The monoisotopic (exact) mass is 188 g/mol. The van der Waals surface area contributed by atoms with Gasteiger partial charge in [0.25, 0.3) is 0 Å². The maximum atomic E-state index is 10.6.